The molecule has 2 aromatic carbocycles. The SMILES string of the molecule is COC1=C(c2cc(Cl)cc(Cl)c2)C(=O)N2CC(n3nnc(CCC(C)C)c3I)CC12Cc1ccc(C#N)cc1. The van der Waals surface area contributed by atoms with Gasteiger partial charge in [0.05, 0.1) is 36.1 Å². The van der Waals surface area contributed by atoms with Crippen LogP contribution in [0.2, 0.25) is 10.0 Å². The highest BCUT2D eigenvalue weighted by Crippen LogP contribution is 2.52. The lowest BCUT2D eigenvalue weighted by Gasteiger charge is -2.34. The van der Waals surface area contributed by atoms with Gasteiger partial charge in [-0.1, -0.05) is 54.4 Å². The smallest absolute Gasteiger partial charge is 0.258 e. The number of nitrogens with zero attached hydrogens (tertiary/aromatic N) is 5. The zero-order chi connectivity index (χ0) is 27.9. The number of carbonyl (C=O) groups is 1. The Kier molecular flexibility index (Phi) is 7.96. The maximum Gasteiger partial charge on any atom is 0.258 e. The third-order valence-electron chi connectivity index (χ3n) is 7.53. The summed E-state index contributed by atoms with van der Waals surface area (Å²) in [5, 5.41) is 19.2. The van der Waals surface area contributed by atoms with Gasteiger partial charge in [-0.2, -0.15) is 5.26 Å². The number of carbonyl (C=O) groups excluding carboxylic acids is 1. The number of rotatable bonds is 8. The fourth-order valence-electron chi connectivity index (χ4n) is 5.73. The van der Waals surface area contributed by atoms with Crippen LogP contribution in [0.3, 0.4) is 0 Å². The van der Waals surface area contributed by atoms with E-state index in [1.54, 1.807) is 37.4 Å². The summed E-state index contributed by atoms with van der Waals surface area (Å²) in [7, 11) is 1.61. The Labute approximate surface area is 251 Å². The van der Waals surface area contributed by atoms with Crippen LogP contribution in [0.25, 0.3) is 5.57 Å². The lowest BCUT2D eigenvalue weighted by Crippen LogP contribution is -2.45. The first kappa shape index (κ1) is 27.9. The van der Waals surface area contributed by atoms with Gasteiger partial charge >= 0.3 is 0 Å². The molecule has 0 radical (unpaired) electrons. The third-order valence-corrected chi connectivity index (χ3v) is 9.09. The highest BCUT2D eigenvalue weighted by molar-refractivity contribution is 14.1. The van der Waals surface area contributed by atoms with Gasteiger partial charge < -0.3 is 9.64 Å². The number of aryl methyl sites for hydroxylation is 1. The van der Waals surface area contributed by atoms with Gasteiger partial charge in [0.25, 0.3) is 5.91 Å². The number of hydrogen-bond acceptors (Lipinski definition) is 5. The van der Waals surface area contributed by atoms with Crippen LogP contribution >= 0.6 is 45.8 Å². The minimum atomic E-state index is -0.748. The van der Waals surface area contributed by atoms with Crippen molar-refractivity contribution < 1.29 is 9.53 Å². The van der Waals surface area contributed by atoms with E-state index in [4.69, 9.17) is 27.9 Å². The van der Waals surface area contributed by atoms with Gasteiger partial charge in [0, 0.05) is 29.4 Å². The highest BCUT2D eigenvalue weighted by Gasteiger charge is 2.59. The average Bonchev–Trinajstić information content (AvgIpc) is 3.51. The fraction of sp³-hybridized carbons (Fsp3) is 0.379. The number of ether oxygens (including phenoxy) is 1. The highest BCUT2D eigenvalue weighted by atomic mass is 127. The second kappa shape index (κ2) is 11.1. The lowest BCUT2D eigenvalue weighted by molar-refractivity contribution is -0.126. The number of halogens is 3. The monoisotopic (exact) mass is 675 g/mol. The molecule has 2 aliphatic rings. The lowest BCUT2D eigenvalue weighted by atomic mass is 9.85. The first-order valence-corrected chi connectivity index (χ1v) is 14.7. The normalized spacial score (nSPS) is 20.6. The number of nitriles is 1. The minimum absolute atomic E-state index is 0.0748. The van der Waals surface area contributed by atoms with Crippen molar-refractivity contribution in [2.24, 2.45) is 5.92 Å². The first-order chi connectivity index (χ1) is 18.7. The van der Waals surface area contributed by atoms with Crippen molar-refractivity contribution in [1.29, 1.82) is 5.26 Å². The molecule has 2 unspecified atom stereocenters. The summed E-state index contributed by atoms with van der Waals surface area (Å²) in [5.41, 5.74) is 2.93. The first-order valence-electron chi connectivity index (χ1n) is 12.8. The van der Waals surface area contributed by atoms with Crippen molar-refractivity contribution in [3.8, 4) is 6.07 Å². The van der Waals surface area contributed by atoms with E-state index in [1.807, 2.05) is 21.7 Å². The van der Waals surface area contributed by atoms with E-state index in [9.17, 15) is 10.1 Å². The molecular weight excluding hydrogens is 648 g/mol. The standard InChI is InChI=1S/C29H28Cl2IN5O2/c1-17(2)4-9-24-27(32)37(35-34-24)23-14-29(13-18-5-7-19(15-33)8-6-18)26(39-3)25(28(38)36(29)16-23)20-10-21(30)12-22(31)11-20/h5-8,10-12,17,23H,4,9,13-14,16H2,1-3H3. The molecular formula is C29H28Cl2IN5O2. The average molecular weight is 676 g/mol. The molecule has 1 fully saturated rings. The number of benzene rings is 2. The molecule has 0 saturated carbocycles. The van der Waals surface area contributed by atoms with E-state index in [1.165, 1.54) is 0 Å². The van der Waals surface area contributed by atoms with Crippen LogP contribution in [0, 0.1) is 20.9 Å². The van der Waals surface area contributed by atoms with Crippen molar-refractivity contribution in [2.45, 2.75) is 51.1 Å². The largest absolute Gasteiger partial charge is 0.498 e. The molecule has 1 saturated heterocycles. The molecule has 10 heteroatoms. The Balaban J connectivity index is 1.59. The van der Waals surface area contributed by atoms with E-state index in [-0.39, 0.29) is 11.9 Å². The Morgan fingerprint density at radius 2 is 1.90 bits per heavy atom. The van der Waals surface area contributed by atoms with Crippen LogP contribution in [0.4, 0.5) is 0 Å². The molecule has 7 nitrogen and oxygen atoms in total. The van der Waals surface area contributed by atoms with Crippen LogP contribution in [0.15, 0.2) is 48.2 Å². The topological polar surface area (TPSA) is 84.0 Å². The van der Waals surface area contributed by atoms with Gasteiger partial charge in [0.15, 0.2) is 0 Å². The zero-order valence-electron chi connectivity index (χ0n) is 21.9. The van der Waals surface area contributed by atoms with Crippen LogP contribution in [0.5, 0.6) is 0 Å². The molecule has 3 aromatic rings. The second-order valence-corrected chi connectivity index (χ2v) is 12.5. The van der Waals surface area contributed by atoms with E-state index in [0.29, 0.717) is 57.8 Å². The maximum absolute atomic E-state index is 14.1. The Morgan fingerprint density at radius 3 is 2.51 bits per heavy atom. The van der Waals surface area contributed by atoms with E-state index >= 15 is 0 Å². The van der Waals surface area contributed by atoms with Gasteiger partial charge in [-0.05, 0) is 82.8 Å². The Hall–Kier alpha value is -2.61. The van der Waals surface area contributed by atoms with E-state index in [2.05, 4.69) is 52.8 Å². The van der Waals surface area contributed by atoms with Crippen LogP contribution in [0.1, 0.15) is 55.1 Å². The summed E-state index contributed by atoms with van der Waals surface area (Å²) in [5.74, 6) is 1.04. The molecule has 39 heavy (non-hydrogen) atoms. The zero-order valence-corrected chi connectivity index (χ0v) is 25.6. The number of fused-ring (bicyclic) bond motifs is 1. The molecule has 2 atom stereocenters. The summed E-state index contributed by atoms with van der Waals surface area (Å²) < 4.78 is 9.05. The number of aromatic nitrogens is 3. The van der Waals surface area contributed by atoms with Crippen molar-refractivity contribution in [3.05, 3.63) is 84.4 Å². The number of amides is 1. The van der Waals surface area contributed by atoms with Gasteiger partial charge in [-0.25, -0.2) is 4.68 Å². The molecule has 202 valence electrons. The van der Waals surface area contributed by atoms with E-state index in [0.717, 1.165) is 27.8 Å². The molecule has 0 spiro atoms. The second-order valence-electron chi connectivity index (χ2n) is 10.6. The van der Waals surface area contributed by atoms with Crippen molar-refractivity contribution >= 4 is 57.3 Å². The van der Waals surface area contributed by atoms with Crippen molar-refractivity contribution in [2.75, 3.05) is 13.7 Å². The van der Waals surface area contributed by atoms with Gasteiger partial charge in [0.1, 0.15) is 15.0 Å². The molecule has 5 rings (SSSR count). The summed E-state index contributed by atoms with van der Waals surface area (Å²) >= 11 is 15.0. The maximum atomic E-state index is 14.1. The van der Waals surface area contributed by atoms with Gasteiger partial charge in [-0.3, -0.25) is 4.79 Å². The summed E-state index contributed by atoms with van der Waals surface area (Å²) in [6.07, 6.45) is 3.02. The van der Waals surface area contributed by atoms with Crippen LogP contribution in [-0.2, 0) is 22.4 Å². The van der Waals surface area contributed by atoms with Crippen LogP contribution in [-0.4, -0.2) is 45.0 Å². The Bertz CT molecular complexity index is 1470. The van der Waals surface area contributed by atoms with Crippen molar-refractivity contribution in [1.82, 2.24) is 19.9 Å². The quantitative estimate of drug-likeness (QED) is 0.256. The number of hydrogen-bond donors (Lipinski definition) is 0. The molecule has 0 aliphatic carbocycles. The minimum Gasteiger partial charge on any atom is -0.498 e. The molecule has 2 aliphatic heterocycles. The summed E-state index contributed by atoms with van der Waals surface area (Å²) in [6, 6.07) is 14.7. The predicted octanol–water partition coefficient (Wildman–Crippen LogP) is 6.48. The summed E-state index contributed by atoms with van der Waals surface area (Å²) in [6.45, 7) is 4.86. The molecule has 0 N–H and O–H groups in total. The molecule has 1 amide bonds. The predicted molar refractivity (Wildman–Crippen MR) is 159 cm³/mol. The number of methoxy groups -OCH3 is 1. The molecule has 1 aromatic heterocycles. The Morgan fingerprint density at radius 1 is 1.21 bits per heavy atom. The fourth-order valence-corrected chi connectivity index (χ4v) is 7.12. The van der Waals surface area contributed by atoms with E-state index < -0.39 is 5.54 Å². The van der Waals surface area contributed by atoms with Gasteiger partial charge in [-0.15, -0.1) is 5.10 Å². The molecule has 0 bridgehead atoms. The van der Waals surface area contributed by atoms with Crippen molar-refractivity contribution in [3.63, 3.8) is 0 Å². The summed E-state index contributed by atoms with van der Waals surface area (Å²) in [4.78, 5) is 16.0. The molecule has 3 heterocycles. The van der Waals surface area contributed by atoms with Gasteiger partial charge in [0.2, 0.25) is 0 Å². The third kappa shape index (κ3) is 5.17. The van der Waals surface area contributed by atoms with Crippen LogP contribution < -0.4 is 0 Å².